The molecule has 3 atom stereocenters. The zero-order valence-corrected chi connectivity index (χ0v) is 24.7. The van der Waals surface area contributed by atoms with E-state index in [2.05, 4.69) is 30.1 Å². The fourth-order valence-corrected chi connectivity index (χ4v) is 5.89. The molecule has 0 unspecified atom stereocenters. The minimum absolute atomic E-state index is 0.00692. The number of amides is 3. The molecule has 15 nitrogen and oxygen atoms in total. The van der Waals surface area contributed by atoms with Crippen molar-refractivity contribution in [2.45, 2.75) is 50.3 Å². The van der Waals surface area contributed by atoms with Crippen LogP contribution in [0.15, 0.2) is 21.8 Å². The lowest BCUT2D eigenvalue weighted by atomic mass is 10.0. The van der Waals surface area contributed by atoms with E-state index in [4.69, 9.17) is 37.3 Å². The van der Waals surface area contributed by atoms with E-state index < -0.39 is 65.1 Å². The molecule has 1 aromatic heterocycles. The summed E-state index contributed by atoms with van der Waals surface area (Å²) in [6.07, 6.45) is -2.86. The number of β-lactam (4-membered cyclic amide) rings is 1. The number of rotatable bonds is 11. The minimum Gasteiger partial charge on any atom is -0.543 e. The van der Waals surface area contributed by atoms with Crippen molar-refractivity contribution < 1.29 is 47.7 Å². The van der Waals surface area contributed by atoms with E-state index in [0.717, 1.165) is 11.3 Å². The Bertz CT molecular complexity index is 1330. The summed E-state index contributed by atoms with van der Waals surface area (Å²) in [6.45, 7) is 4.98. The molecule has 0 bridgehead atoms. The van der Waals surface area contributed by atoms with E-state index in [1.54, 1.807) is 20.8 Å². The van der Waals surface area contributed by atoms with Gasteiger partial charge in [0.2, 0.25) is 6.10 Å². The van der Waals surface area contributed by atoms with Gasteiger partial charge in [-0.15, -0.1) is 34.7 Å². The molecule has 1 aromatic rings. The van der Waals surface area contributed by atoms with Crippen LogP contribution in [0.3, 0.4) is 0 Å². The van der Waals surface area contributed by atoms with Gasteiger partial charge in [-0.2, -0.15) is 0 Å². The van der Waals surface area contributed by atoms with Crippen molar-refractivity contribution in [1.82, 2.24) is 15.2 Å². The number of aromatic nitrogens is 1. The average Bonchev–Trinajstić information content (AvgIpc) is 3.40. The van der Waals surface area contributed by atoms with Gasteiger partial charge in [0.05, 0.1) is 12.1 Å². The van der Waals surface area contributed by atoms with Crippen molar-refractivity contribution in [3.8, 4) is 0 Å². The summed E-state index contributed by atoms with van der Waals surface area (Å²) in [7, 11) is 9.69. The highest BCUT2D eigenvalue weighted by Gasteiger charge is 2.52. The Morgan fingerprint density at radius 3 is 2.60 bits per heavy atom. The molecular formula is C22H22B2ClN5O10S2. The van der Waals surface area contributed by atoms with Gasteiger partial charge < -0.3 is 24.2 Å². The van der Waals surface area contributed by atoms with Gasteiger partial charge in [0, 0.05) is 17.0 Å². The molecule has 4 radical (unpaired) electrons. The Kier molecular flexibility index (Phi) is 11.0. The summed E-state index contributed by atoms with van der Waals surface area (Å²) in [5, 5.41) is 9.31. The highest BCUT2D eigenvalue weighted by atomic mass is 35.5. The molecule has 0 saturated carbocycles. The number of ether oxygens (including phenoxy) is 1. The van der Waals surface area contributed by atoms with E-state index in [1.165, 1.54) is 22.0 Å². The van der Waals surface area contributed by atoms with Crippen molar-refractivity contribution in [2.75, 3.05) is 16.9 Å². The third-order valence-corrected chi connectivity index (χ3v) is 7.78. The van der Waals surface area contributed by atoms with Gasteiger partial charge in [-0.05, 0) is 26.3 Å². The van der Waals surface area contributed by atoms with Crippen LogP contribution in [0.1, 0.15) is 32.9 Å². The number of allylic oxidation sites excluding steroid dienone is 1. The number of fused-ring (bicyclic) bond motifs is 1. The number of nitrogens with one attached hydrogen (secondary N) is 2. The van der Waals surface area contributed by atoms with Crippen molar-refractivity contribution in [1.29, 1.82) is 0 Å². The predicted octanol–water partition coefficient (Wildman–Crippen LogP) is 0.315. The number of oxime groups is 1. The number of carbonyl (C=O) groups excluding carboxylic acids is 6. The summed E-state index contributed by atoms with van der Waals surface area (Å²) < 4.78 is 13.3. The van der Waals surface area contributed by atoms with E-state index in [0.29, 0.717) is 17.6 Å². The predicted molar refractivity (Wildman–Crippen MR) is 151 cm³/mol. The van der Waals surface area contributed by atoms with Crippen LogP contribution >= 0.6 is 34.7 Å². The molecule has 3 heterocycles. The molecule has 3 amide bonds. The first-order valence-electron chi connectivity index (χ1n) is 11.8. The van der Waals surface area contributed by atoms with E-state index in [-0.39, 0.29) is 22.4 Å². The summed E-state index contributed by atoms with van der Waals surface area (Å²) in [6, 6.07) is -1.07. The van der Waals surface area contributed by atoms with Crippen molar-refractivity contribution in [3.63, 3.8) is 0 Å². The molecule has 1 fully saturated rings. The maximum absolute atomic E-state index is 13.4. The number of thioether (sulfide) groups is 1. The Balaban J connectivity index is 1.87. The fourth-order valence-electron chi connectivity index (χ4n) is 3.50. The van der Waals surface area contributed by atoms with Crippen molar-refractivity contribution >= 4 is 97.8 Å². The third kappa shape index (κ3) is 7.83. The molecular weight excluding hydrogens is 615 g/mol. The zero-order chi connectivity index (χ0) is 31.2. The molecule has 0 aromatic carbocycles. The number of alkyl halides is 1. The van der Waals surface area contributed by atoms with Gasteiger partial charge in [-0.1, -0.05) is 5.16 Å². The lowest BCUT2D eigenvalue weighted by Crippen LogP contribution is -2.70. The van der Waals surface area contributed by atoms with Crippen LogP contribution in [0.4, 0.5) is 9.93 Å². The van der Waals surface area contributed by atoms with E-state index in [1.807, 2.05) is 0 Å². The largest absolute Gasteiger partial charge is 0.543 e. The molecule has 1 saturated heterocycles. The van der Waals surface area contributed by atoms with Gasteiger partial charge in [-0.25, -0.2) is 14.6 Å². The summed E-state index contributed by atoms with van der Waals surface area (Å²) >= 11 is 8.06. The first-order valence-corrected chi connectivity index (χ1v) is 14.3. The number of anilines is 1. The molecule has 2 N–H and O–H groups in total. The Morgan fingerprint density at radius 1 is 1.29 bits per heavy atom. The van der Waals surface area contributed by atoms with Crippen LogP contribution in [-0.2, 0) is 42.9 Å². The normalized spacial score (nSPS) is 19.1. The molecule has 2 aliphatic heterocycles. The number of hydrogen-bond acceptors (Lipinski definition) is 14. The van der Waals surface area contributed by atoms with Crippen LogP contribution < -0.4 is 10.6 Å². The van der Waals surface area contributed by atoms with Crippen molar-refractivity contribution in [3.05, 3.63) is 22.3 Å². The Labute approximate surface area is 254 Å². The van der Waals surface area contributed by atoms with Gasteiger partial charge in [0.25, 0.3) is 17.8 Å². The topological polar surface area (TPSA) is 192 Å². The van der Waals surface area contributed by atoms with Crippen molar-refractivity contribution in [2.24, 2.45) is 5.16 Å². The van der Waals surface area contributed by atoms with Crippen LogP contribution in [0.5, 0.6) is 0 Å². The lowest BCUT2D eigenvalue weighted by Gasteiger charge is -2.49. The number of hydrogen-bond donors (Lipinski definition) is 2. The minimum atomic E-state index is -1.78. The second-order valence-electron chi connectivity index (χ2n) is 9.43. The molecule has 3 rings (SSSR count). The average molecular weight is 638 g/mol. The maximum atomic E-state index is 13.4. The second kappa shape index (κ2) is 14.1. The second-order valence-corrected chi connectivity index (χ2v) is 11.7. The van der Waals surface area contributed by atoms with Gasteiger partial charge in [0.1, 0.15) is 22.7 Å². The molecule has 0 spiro atoms. The first kappa shape index (κ1) is 32.9. The zero-order valence-electron chi connectivity index (χ0n) is 22.3. The monoisotopic (exact) mass is 637 g/mol. The summed E-state index contributed by atoms with van der Waals surface area (Å²) in [5.41, 5.74) is -0.801. The molecule has 20 heteroatoms. The van der Waals surface area contributed by atoms with Crippen LogP contribution in [0, 0.1) is 0 Å². The fraction of sp³-hybridized carbons (Fsp3) is 0.455. The van der Waals surface area contributed by atoms with Gasteiger partial charge in [-0.3, -0.25) is 29.4 Å². The number of thiazole rings is 1. The van der Waals surface area contributed by atoms with E-state index in [9.17, 15) is 28.8 Å². The third-order valence-electron chi connectivity index (χ3n) is 5.36. The molecule has 220 valence electrons. The van der Waals surface area contributed by atoms with Crippen LogP contribution in [-0.4, -0.2) is 103 Å². The quantitative estimate of drug-likeness (QED) is 0.0844. The standard InChI is InChI=1S/C22H22B2ClN5O10S2/c1-22(2,3)37-21(36)28-20-26-10(8-42-20)14(29-40-12(19(35)39-24)4-13(32)38-23)16(33)27-15-17(34)30-11(6-31)9(5-25)7-41-18(15)30/h6,8,12,15,18H,4-5,7H2,1-3H3,(H,27,33)(H,26,28,36)/b29-14-/t12-,15+,18+/m0/s1. The van der Waals surface area contributed by atoms with Gasteiger partial charge >= 0.3 is 28.2 Å². The maximum Gasteiger partial charge on any atom is 0.413 e. The van der Waals surface area contributed by atoms with Gasteiger partial charge in [0.15, 0.2) is 17.1 Å². The Hall–Kier alpha value is -3.57. The number of halogens is 1. The first-order chi connectivity index (χ1) is 19.8. The molecule has 0 aliphatic carbocycles. The van der Waals surface area contributed by atoms with Crippen LogP contribution in [0.25, 0.3) is 0 Å². The molecule has 42 heavy (non-hydrogen) atoms. The van der Waals surface area contributed by atoms with Crippen LogP contribution in [0.2, 0.25) is 0 Å². The number of nitrogens with zero attached hydrogens (tertiary/aromatic N) is 3. The SMILES string of the molecule is [B]OC(=O)C[C@H](O/N=C(\C(=O)N[C@@H]1C(=O)N2C(C=O)=C(CCl)CS[C@H]12)c1csc(NC(=O)OC(C)(C)C)n1)C(=O)O[B]. The summed E-state index contributed by atoms with van der Waals surface area (Å²) in [4.78, 5) is 84.1. The number of aldehydes is 1. The number of carbonyl (C=O) groups is 6. The highest BCUT2D eigenvalue weighted by Crippen LogP contribution is 2.39. The summed E-state index contributed by atoms with van der Waals surface area (Å²) in [5.74, 6) is -3.49. The van der Waals surface area contributed by atoms with E-state index >= 15 is 0 Å². The smallest absolute Gasteiger partial charge is 0.413 e. The molecule has 2 aliphatic rings. The highest BCUT2D eigenvalue weighted by molar-refractivity contribution is 8.00. The Morgan fingerprint density at radius 2 is 2.00 bits per heavy atom. The lowest BCUT2D eigenvalue weighted by molar-refractivity contribution is -0.153.